The Bertz CT molecular complexity index is 1270. The first-order valence-corrected chi connectivity index (χ1v) is 11.9. The van der Waals surface area contributed by atoms with Gasteiger partial charge in [-0.3, -0.25) is 9.69 Å². The van der Waals surface area contributed by atoms with E-state index < -0.39 is 0 Å². The lowest BCUT2D eigenvalue weighted by atomic mass is 10.0. The Kier molecular flexibility index (Phi) is 5.34. The summed E-state index contributed by atoms with van der Waals surface area (Å²) in [5, 5.41) is 2.64. The molecule has 3 aliphatic heterocycles. The van der Waals surface area contributed by atoms with Crippen molar-refractivity contribution in [3.05, 3.63) is 79.7 Å². The largest absolute Gasteiger partial charge is 0.478 e. The highest BCUT2D eigenvalue weighted by molar-refractivity contribution is 7.09. The number of ketones is 1. The normalized spacial score (nSPS) is 18.2. The topological polar surface area (TPSA) is 57.2 Å². The Morgan fingerprint density at radius 1 is 1.15 bits per heavy atom. The number of hydrogen-bond acceptors (Lipinski definition) is 7. The molecular weight excluding hydrogens is 462 g/mol. The molecule has 0 spiro atoms. The molecule has 8 heteroatoms. The number of ether oxygens (including phenoxy) is 4. The van der Waals surface area contributed by atoms with Gasteiger partial charge in [0.2, 0.25) is 5.78 Å². The van der Waals surface area contributed by atoms with E-state index in [2.05, 4.69) is 22.4 Å². The predicted molar refractivity (Wildman–Crippen MR) is 125 cm³/mol. The molecule has 0 aliphatic carbocycles. The van der Waals surface area contributed by atoms with Crippen LogP contribution in [0.3, 0.4) is 0 Å². The quantitative estimate of drug-likeness (QED) is 0.473. The summed E-state index contributed by atoms with van der Waals surface area (Å²) >= 11 is 8.04. The number of nitrogens with zero attached hydrogens (tertiary/aromatic N) is 1. The van der Waals surface area contributed by atoms with Crippen LogP contribution in [0.25, 0.3) is 6.08 Å². The van der Waals surface area contributed by atoms with Crippen molar-refractivity contribution < 1.29 is 23.7 Å². The van der Waals surface area contributed by atoms with Gasteiger partial charge in [0, 0.05) is 34.1 Å². The third kappa shape index (κ3) is 3.91. The predicted octanol–water partition coefficient (Wildman–Crippen LogP) is 5.28. The smallest absolute Gasteiger partial charge is 0.231 e. The maximum absolute atomic E-state index is 13.2. The molecule has 0 amide bonds. The van der Waals surface area contributed by atoms with E-state index in [0.29, 0.717) is 47.5 Å². The van der Waals surface area contributed by atoms with Gasteiger partial charge in [-0.05, 0) is 48.2 Å². The molecular formula is C25H20ClNO5S. The molecule has 3 aliphatic rings. The molecule has 0 bridgehead atoms. The van der Waals surface area contributed by atoms with Gasteiger partial charge in [0.05, 0.1) is 17.7 Å². The standard InChI is InChI=1S/C25H20ClNO5S/c26-17-8-15(24-16(9-17)12-29-14-31-24)10-22-23(28)19-3-4-21-20(25(19)32-22)11-27(13-30-21)6-5-18-2-1-7-33-18/h1-4,7-10H,5-6,11-14H2/b22-10-. The Morgan fingerprint density at radius 3 is 2.97 bits per heavy atom. The number of halogens is 1. The molecule has 0 fully saturated rings. The minimum atomic E-state index is -0.163. The molecule has 2 aromatic carbocycles. The molecule has 0 unspecified atom stereocenters. The number of allylic oxidation sites excluding steroid dienone is 1. The van der Waals surface area contributed by atoms with Crippen molar-refractivity contribution in [3.8, 4) is 17.2 Å². The van der Waals surface area contributed by atoms with E-state index in [0.717, 1.165) is 29.8 Å². The summed E-state index contributed by atoms with van der Waals surface area (Å²) in [4.78, 5) is 16.7. The van der Waals surface area contributed by atoms with Gasteiger partial charge in [0.1, 0.15) is 24.0 Å². The van der Waals surface area contributed by atoms with Crippen LogP contribution in [0.15, 0.2) is 47.5 Å². The molecule has 0 atom stereocenters. The van der Waals surface area contributed by atoms with Gasteiger partial charge in [-0.25, -0.2) is 0 Å². The summed E-state index contributed by atoms with van der Waals surface area (Å²) in [5.41, 5.74) is 2.98. The van der Waals surface area contributed by atoms with Gasteiger partial charge in [0.25, 0.3) is 0 Å². The Labute approximate surface area is 199 Å². The lowest BCUT2D eigenvalue weighted by Gasteiger charge is -2.29. The van der Waals surface area contributed by atoms with Crippen LogP contribution in [0, 0.1) is 0 Å². The molecule has 0 radical (unpaired) electrons. The SMILES string of the molecule is O=C1/C(=C/c2cc(Cl)cc3c2OCOC3)Oc2c1ccc1c2CN(CCc2cccs2)CO1. The van der Waals surface area contributed by atoms with Gasteiger partial charge in [-0.2, -0.15) is 0 Å². The van der Waals surface area contributed by atoms with Crippen LogP contribution >= 0.6 is 22.9 Å². The van der Waals surface area contributed by atoms with E-state index in [1.165, 1.54) is 4.88 Å². The zero-order valence-corrected chi connectivity index (χ0v) is 19.2. The van der Waals surface area contributed by atoms with Crippen LogP contribution in [-0.4, -0.2) is 30.8 Å². The van der Waals surface area contributed by atoms with Crippen LogP contribution in [0.2, 0.25) is 5.02 Å². The fourth-order valence-electron chi connectivity index (χ4n) is 4.33. The maximum atomic E-state index is 13.2. The molecule has 168 valence electrons. The van der Waals surface area contributed by atoms with Crippen LogP contribution in [0.1, 0.15) is 31.9 Å². The summed E-state index contributed by atoms with van der Waals surface area (Å²) in [6.07, 6.45) is 2.66. The number of fused-ring (bicyclic) bond motifs is 4. The first-order chi connectivity index (χ1) is 16.2. The van der Waals surface area contributed by atoms with Crippen molar-refractivity contribution in [2.24, 2.45) is 0 Å². The van der Waals surface area contributed by atoms with Gasteiger partial charge >= 0.3 is 0 Å². The van der Waals surface area contributed by atoms with Gasteiger partial charge in [-0.15, -0.1) is 11.3 Å². The summed E-state index contributed by atoms with van der Waals surface area (Å²) in [5.74, 6) is 2.08. The Morgan fingerprint density at radius 2 is 2.09 bits per heavy atom. The number of Topliss-reactive ketones (excluding diaryl/α,β-unsaturated/α-hetero) is 1. The van der Waals surface area contributed by atoms with E-state index in [4.69, 9.17) is 30.5 Å². The number of rotatable bonds is 4. The maximum Gasteiger partial charge on any atom is 0.231 e. The second kappa shape index (κ2) is 8.50. The molecule has 6 nitrogen and oxygen atoms in total. The average molecular weight is 482 g/mol. The molecule has 6 rings (SSSR count). The van der Waals surface area contributed by atoms with Crippen LogP contribution in [0.4, 0.5) is 0 Å². The van der Waals surface area contributed by atoms with E-state index >= 15 is 0 Å². The summed E-state index contributed by atoms with van der Waals surface area (Å²) < 4.78 is 23.1. The van der Waals surface area contributed by atoms with Crippen LogP contribution in [0.5, 0.6) is 17.2 Å². The minimum absolute atomic E-state index is 0.159. The zero-order chi connectivity index (χ0) is 22.4. The fraction of sp³-hybridized carbons (Fsp3) is 0.240. The average Bonchev–Trinajstić information content (AvgIpc) is 3.46. The Hall–Kier alpha value is -2.84. The highest BCUT2D eigenvalue weighted by Crippen LogP contribution is 2.43. The van der Waals surface area contributed by atoms with Crippen molar-refractivity contribution in [1.82, 2.24) is 4.90 Å². The van der Waals surface area contributed by atoms with E-state index in [1.807, 2.05) is 12.1 Å². The van der Waals surface area contributed by atoms with Gasteiger partial charge < -0.3 is 18.9 Å². The number of carbonyl (C=O) groups excluding carboxylic acids is 1. The second-order valence-corrected chi connectivity index (χ2v) is 9.58. The molecule has 4 heterocycles. The van der Waals surface area contributed by atoms with Crippen LogP contribution < -0.4 is 14.2 Å². The molecule has 33 heavy (non-hydrogen) atoms. The van der Waals surface area contributed by atoms with Crippen molar-refractivity contribution in [2.45, 2.75) is 19.6 Å². The summed E-state index contributed by atoms with van der Waals surface area (Å²) in [6, 6.07) is 11.4. The second-order valence-electron chi connectivity index (χ2n) is 8.11. The van der Waals surface area contributed by atoms with Gasteiger partial charge in [0.15, 0.2) is 12.6 Å². The Balaban J connectivity index is 1.29. The molecule has 0 saturated heterocycles. The highest BCUT2D eigenvalue weighted by atomic mass is 35.5. The zero-order valence-electron chi connectivity index (χ0n) is 17.6. The first-order valence-electron chi connectivity index (χ1n) is 10.7. The highest BCUT2D eigenvalue weighted by Gasteiger charge is 2.34. The van der Waals surface area contributed by atoms with Crippen molar-refractivity contribution in [3.63, 3.8) is 0 Å². The van der Waals surface area contributed by atoms with Crippen molar-refractivity contribution in [1.29, 1.82) is 0 Å². The summed E-state index contributed by atoms with van der Waals surface area (Å²) in [7, 11) is 0. The van der Waals surface area contributed by atoms with Crippen molar-refractivity contribution in [2.75, 3.05) is 20.1 Å². The number of benzene rings is 2. The monoisotopic (exact) mass is 481 g/mol. The molecule has 0 N–H and O–H groups in total. The van der Waals surface area contributed by atoms with E-state index in [1.54, 1.807) is 29.5 Å². The van der Waals surface area contributed by atoms with E-state index in [-0.39, 0.29) is 18.3 Å². The van der Waals surface area contributed by atoms with E-state index in [9.17, 15) is 4.79 Å². The fourth-order valence-corrected chi connectivity index (χ4v) is 5.28. The number of hydrogen-bond donors (Lipinski definition) is 0. The third-order valence-electron chi connectivity index (χ3n) is 5.93. The van der Waals surface area contributed by atoms with Crippen LogP contribution in [-0.2, 0) is 24.3 Å². The van der Waals surface area contributed by atoms with Gasteiger partial charge in [-0.1, -0.05) is 17.7 Å². The minimum Gasteiger partial charge on any atom is -0.478 e. The molecule has 3 aromatic rings. The molecule has 0 saturated carbocycles. The first kappa shape index (κ1) is 20.7. The lowest BCUT2D eigenvalue weighted by Crippen LogP contribution is -2.33. The number of thiophene rings is 1. The van der Waals surface area contributed by atoms with Crippen molar-refractivity contribution >= 4 is 34.8 Å². The molecule has 1 aromatic heterocycles. The summed E-state index contributed by atoms with van der Waals surface area (Å²) in [6.45, 7) is 2.62. The third-order valence-corrected chi connectivity index (χ3v) is 7.08. The number of carbonyl (C=O) groups is 1. The lowest BCUT2D eigenvalue weighted by molar-refractivity contribution is -0.0165.